The first-order chi connectivity index (χ1) is 7.54. The molecule has 88 valence electrons. The van der Waals surface area contributed by atoms with E-state index in [4.69, 9.17) is 5.41 Å². The molecule has 1 N–H and O–H groups in total. The molecule has 0 radical (unpaired) electrons. The summed E-state index contributed by atoms with van der Waals surface area (Å²) in [5.74, 6) is -1.60. The lowest BCUT2D eigenvalue weighted by molar-refractivity contribution is -0.155. The third-order valence-corrected chi connectivity index (χ3v) is 2.45. The summed E-state index contributed by atoms with van der Waals surface area (Å²) < 4.78 is 36.9. The summed E-state index contributed by atoms with van der Waals surface area (Å²) in [6, 6.07) is 9.40. The fraction of sp³-hybridized carbons (Fsp3) is 0.417. The van der Waals surface area contributed by atoms with Gasteiger partial charge in [-0.3, -0.25) is 0 Å². The number of aryl methyl sites for hydroxylation is 1. The maximum absolute atomic E-state index is 12.3. The molecule has 0 aliphatic heterocycles. The van der Waals surface area contributed by atoms with Gasteiger partial charge in [-0.25, -0.2) is 0 Å². The van der Waals surface area contributed by atoms with Gasteiger partial charge in [0.25, 0.3) is 0 Å². The standard InChI is InChI=1S/C12H14F3N/c13-12(14,15)11(9-16)8-4-7-10-5-2-1-3-6-10/h1-3,5-6,9,11,16H,4,7-8H2. The van der Waals surface area contributed by atoms with Crippen LogP contribution in [0.4, 0.5) is 13.2 Å². The number of nitrogens with one attached hydrogen (secondary N) is 1. The molecular formula is C12H14F3N. The Morgan fingerprint density at radius 2 is 1.81 bits per heavy atom. The summed E-state index contributed by atoms with van der Waals surface area (Å²) in [6.07, 6.45) is -2.73. The predicted octanol–water partition coefficient (Wildman–Crippen LogP) is 3.84. The van der Waals surface area contributed by atoms with E-state index in [1.54, 1.807) is 0 Å². The molecule has 4 heteroatoms. The van der Waals surface area contributed by atoms with Crippen molar-refractivity contribution < 1.29 is 13.2 Å². The molecule has 1 aromatic rings. The molecule has 0 amide bonds. The highest BCUT2D eigenvalue weighted by Gasteiger charge is 2.37. The molecule has 1 rings (SSSR count). The molecule has 1 atom stereocenters. The van der Waals surface area contributed by atoms with Crippen molar-refractivity contribution in [1.82, 2.24) is 0 Å². The molecule has 0 aromatic heterocycles. The van der Waals surface area contributed by atoms with Gasteiger partial charge in [-0.1, -0.05) is 30.3 Å². The lowest BCUT2D eigenvalue weighted by atomic mass is 10.00. The van der Waals surface area contributed by atoms with E-state index in [1.807, 2.05) is 30.3 Å². The van der Waals surface area contributed by atoms with Gasteiger partial charge in [0.15, 0.2) is 0 Å². The van der Waals surface area contributed by atoms with Crippen LogP contribution in [0.5, 0.6) is 0 Å². The van der Waals surface area contributed by atoms with Crippen LogP contribution in [0.2, 0.25) is 0 Å². The average Bonchev–Trinajstić information content (AvgIpc) is 2.24. The Morgan fingerprint density at radius 3 is 2.31 bits per heavy atom. The van der Waals surface area contributed by atoms with Gasteiger partial charge in [0.05, 0.1) is 5.92 Å². The maximum Gasteiger partial charge on any atom is 0.396 e. The molecule has 0 saturated carbocycles. The fourth-order valence-corrected chi connectivity index (χ4v) is 1.51. The van der Waals surface area contributed by atoms with Crippen molar-refractivity contribution in [3.05, 3.63) is 35.9 Å². The second-order valence-electron chi connectivity index (χ2n) is 3.69. The van der Waals surface area contributed by atoms with Gasteiger partial charge >= 0.3 is 6.18 Å². The monoisotopic (exact) mass is 229 g/mol. The van der Waals surface area contributed by atoms with Crippen molar-refractivity contribution in [3.63, 3.8) is 0 Å². The molecule has 16 heavy (non-hydrogen) atoms. The first kappa shape index (κ1) is 12.7. The molecular weight excluding hydrogens is 215 g/mol. The Kier molecular flexibility index (Phi) is 4.52. The number of halogens is 3. The Hall–Kier alpha value is -1.32. The molecule has 0 saturated heterocycles. The summed E-state index contributed by atoms with van der Waals surface area (Å²) in [5.41, 5.74) is 1.04. The van der Waals surface area contributed by atoms with E-state index in [2.05, 4.69) is 0 Å². The number of hydrogen-bond acceptors (Lipinski definition) is 1. The quantitative estimate of drug-likeness (QED) is 0.742. The van der Waals surface area contributed by atoms with Crippen molar-refractivity contribution in [2.75, 3.05) is 0 Å². The van der Waals surface area contributed by atoms with Crippen LogP contribution >= 0.6 is 0 Å². The van der Waals surface area contributed by atoms with Crippen LogP contribution in [0.3, 0.4) is 0 Å². The first-order valence-electron chi connectivity index (χ1n) is 5.15. The average molecular weight is 229 g/mol. The molecule has 0 bridgehead atoms. The molecule has 1 unspecified atom stereocenters. The van der Waals surface area contributed by atoms with E-state index >= 15 is 0 Å². The minimum Gasteiger partial charge on any atom is -0.312 e. The normalized spacial score (nSPS) is 13.4. The van der Waals surface area contributed by atoms with Crippen LogP contribution in [-0.4, -0.2) is 12.4 Å². The largest absolute Gasteiger partial charge is 0.396 e. The number of hydrogen-bond donors (Lipinski definition) is 1. The summed E-state index contributed by atoms with van der Waals surface area (Å²) in [7, 11) is 0. The summed E-state index contributed by atoms with van der Waals surface area (Å²) in [6.45, 7) is 0. The summed E-state index contributed by atoms with van der Waals surface area (Å²) in [4.78, 5) is 0. The van der Waals surface area contributed by atoms with Gasteiger partial charge in [0.1, 0.15) is 0 Å². The number of rotatable bonds is 5. The van der Waals surface area contributed by atoms with Gasteiger partial charge in [-0.15, -0.1) is 0 Å². The molecule has 0 fully saturated rings. The summed E-state index contributed by atoms with van der Waals surface area (Å²) >= 11 is 0. The Bertz CT molecular complexity index is 319. The topological polar surface area (TPSA) is 23.9 Å². The SMILES string of the molecule is N=CC(CCCc1ccccc1)C(F)(F)F. The molecule has 0 spiro atoms. The van der Waals surface area contributed by atoms with Gasteiger partial charge in [0.2, 0.25) is 0 Å². The Labute approximate surface area is 92.8 Å². The van der Waals surface area contributed by atoms with Crippen molar-refractivity contribution in [2.45, 2.75) is 25.4 Å². The molecule has 0 heterocycles. The van der Waals surface area contributed by atoms with Gasteiger partial charge in [0, 0.05) is 6.21 Å². The minimum absolute atomic E-state index is 0.0120. The predicted molar refractivity (Wildman–Crippen MR) is 57.7 cm³/mol. The van der Waals surface area contributed by atoms with Crippen LogP contribution in [-0.2, 0) is 6.42 Å². The zero-order chi connectivity index (χ0) is 12.0. The zero-order valence-electron chi connectivity index (χ0n) is 8.80. The molecule has 0 aliphatic rings. The number of alkyl halides is 3. The lowest BCUT2D eigenvalue weighted by Crippen LogP contribution is -2.23. The highest BCUT2D eigenvalue weighted by molar-refractivity contribution is 5.57. The van der Waals surface area contributed by atoms with Crippen molar-refractivity contribution in [3.8, 4) is 0 Å². The highest BCUT2D eigenvalue weighted by Crippen LogP contribution is 2.28. The second kappa shape index (κ2) is 5.68. The smallest absolute Gasteiger partial charge is 0.312 e. The maximum atomic E-state index is 12.3. The zero-order valence-corrected chi connectivity index (χ0v) is 8.80. The Balaban J connectivity index is 2.38. The second-order valence-corrected chi connectivity index (χ2v) is 3.69. The van der Waals surface area contributed by atoms with E-state index in [9.17, 15) is 13.2 Å². The van der Waals surface area contributed by atoms with E-state index in [1.165, 1.54) is 0 Å². The van der Waals surface area contributed by atoms with Gasteiger partial charge < -0.3 is 5.41 Å². The van der Waals surface area contributed by atoms with E-state index in [-0.39, 0.29) is 6.42 Å². The molecule has 0 aliphatic carbocycles. The first-order valence-corrected chi connectivity index (χ1v) is 5.15. The fourth-order valence-electron chi connectivity index (χ4n) is 1.51. The van der Waals surface area contributed by atoms with Crippen molar-refractivity contribution in [2.24, 2.45) is 5.92 Å². The van der Waals surface area contributed by atoms with Gasteiger partial charge in [-0.05, 0) is 24.8 Å². The van der Waals surface area contributed by atoms with Crippen LogP contribution in [0, 0.1) is 11.3 Å². The van der Waals surface area contributed by atoms with Crippen LogP contribution in [0.25, 0.3) is 0 Å². The Morgan fingerprint density at radius 1 is 1.19 bits per heavy atom. The van der Waals surface area contributed by atoms with Crippen molar-refractivity contribution >= 4 is 6.21 Å². The van der Waals surface area contributed by atoms with Crippen LogP contribution in [0.15, 0.2) is 30.3 Å². The summed E-state index contributed by atoms with van der Waals surface area (Å²) in [5, 5.41) is 6.75. The third-order valence-electron chi connectivity index (χ3n) is 2.45. The highest BCUT2D eigenvalue weighted by atomic mass is 19.4. The molecule has 1 nitrogen and oxygen atoms in total. The van der Waals surface area contributed by atoms with Crippen molar-refractivity contribution in [1.29, 1.82) is 5.41 Å². The van der Waals surface area contributed by atoms with E-state index in [0.717, 1.165) is 5.56 Å². The van der Waals surface area contributed by atoms with E-state index in [0.29, 0.717) is 19.1 Å². The molecule has 1 aromatic carbocycles. The van der Waals surface area contributed by atoms with Crippen LogP contribution in [0.1, 0.15) is 18.4 Å². The third kappa shape index (κ3) is 4.04. The minimum atomic E-state index is -4.28. The van der Waals surface area contributed by atoms with E-state index < -0.39 is 12.1 Å². The lowest BCUT2D eigenvalue weighted by Gasteiger charge is -2.15. The number of benzene rings is 1. The van der Waals surface area contributed by atoms with Gasteiger partial charge in [-0.2, -0.15) is 13.2 Å². The van der Waals surface area contributed by atoms with Crippen LogP contribution < -0.4 is 0 Å².